The summed E-state index contributed by atoms with van der Waals surface area (Å²) in [5.74, 6) is -0.428. The molecule has 0 bridgehead atoms. The molecule has 0 aliphatic carbocycles. The fourth-order valence-electron chi connectivity index (χ4n) is 2.28. The monoisotopic (exact) mass is 371 g/mol. The number of carbonyl (C=O) groups is 1. The molecule has 1 amide bonds. The van der Waals surface area contributed by atoms with Gasteiger partial charge in [0, 0.05) is 6.54 Å². The fraction of sp³-hybridized carbons (Fsp3) is 0.222. The van der Waals surface area contributed by atoms with E-state index in [2.05, 4.69) is 20.8 Å². The summed E-state index contributed by atoms with van der Waals surface area (Å²) in [5.41, 5.74) is 1.92. The SMILES string of the molecule is CC(Sc1nnnn1Cc1ccccc1)C(=O)NCc1ccc(F)cc1. The molecule has 1 N–H and O–H groups in total. The Bertz CT molecular complexity index is 854. The number of hydrogen-bond donors (Lipinski definition) is 1. The van der Waals surface area contributed by atoms with E-state index in [1.54, 1.807) is 23.7 Å². The van der Waals surface area contributed by atoms with E-state index in [4.69, 9.17) is 0 Å². The molecule has 1 unspecified atom stereocenters. The van der Waals surface area contributed by atoms with Crippen molar-refractivity contribution >= 4 is 17.7 Å². The van der Waals surface area contributed by atoms with Gasteiger partial charge in [-0.15, -0.1) is 5.10 Å². The van der Waals surface area contributed by atoms with Gasteiger partial charge in [0.25, 0.3) is 0 Å². The summed E-state index contributed by atoms with van der Waals surface area (Å²) < 4.78 is 14.6. The summed E-state index contributed by atoms with van der Waals surface area (Å²) in [6.45, 7) is 2.69. The predicted molar refractivity (Wildman–Crippen MR) is 96.9 cm³/mol. The maximum atomic E-state index is 12.9. The number of halogens is 1. The highest BCUT2D eigenvalue weighted by atomic mass is 32.2. The van der Waals surface area contributed by atoms with E-state index < -0.39 is 0 Å². The summed E-state index contributed by atoms with van der Waals surface area (Å²) in [6.07, 6.45) is 0. The first-order chi connectivity index (χ1) is 12.6. The van der Waals surface area contributed by atoms with Gasteiger partial charge in [0.05, 0.1) is 11.8 Å². The Kier molecular flexibility index (Phi) is 5.96. The van der Waals surface area contributed by atoms with Crippen molar-refractivity contribution in [3.05, 3.63) is 71.5 Å². The Morgan fingerprint density at radius 3 is 2.62 bits per heavy atom. The molecular formula is C18H18FN5OS. The van der Waals surface area contributed by atoms with Crippen molar-refractivity contribution in [1.29, 1.82) is 0 Å². The predicted octanol–water partition coefficient (Wildman–Crippen LogP) is 2.66. The lowest BCUT2D eigenvalue weighted by atomic mass is 10.2. The number of benzene rings is 2. The van der Waals surface area contributed by atoms with Crippen LogP contribution in [0.25, 0.3) is 0 Å². The highest BCUT2D eigenvalue weighted by molar-refractivity contribution is 8.00. The molecular weight excluding hydrogens is 353 g/mol. The lowest BCUT2D eigenvalue weighted by Gasteiger charge is -2.12. The van der Waals surface area contributed by atoms with Crippen LogP contribution in [-0.4, -0.2) is 31.4 Å². The van der Waals surface area contributed by atoms with Gasteiger partial charge in [0.15, 0.2) is 0 Å². The lowest BCUT2D eigenvalue weighted by molar-refractivity contribution is -0.120. The van der Waals surface area contributed by atoms with Gasteiger partial charge < -0.3 is 5.32 Å². The minimum absolute atomic E-state index is 0.131. The molecule has 3 aromatic rings. The van der Waals surface area contributed by atoms with Crippen molar-refractivity contribution < 1.29 is 9.18 Å². The Labute approximate surface area is 154 Å². The first-order valence-electron chi connectivity index (χ1n) is 8.11. The number of nitrogens with one attached hydrogen (secondary N) is 1. The van der Waals surface area contributed by atoms with E-state index in [9.17, 15) is 9.18 Å². The van der Waals surface area contributed by atoms with E-state index >= 15 is 0 Å². The van der Waals surface area contributed by atoms with Crippen molar-refractivity contribution in [3.8, 4) is 0 Å². The number of thioether (sulfide) groups is 1. The van der Waals surface area contributed by atoms with Crippen LogP contribution in [0.1, 0.15) is 18.1 Å². The number of carbonyl (C=O) groups excluding carboxylic acids is 1. The fourth-order valence-corrected chi connectivity index (χ4v) is 3.10. The number of nitrogens with zero attached hydrogens (tertiary/aromatic N) is 4. The van der Waals surface area contributed by atoms with Crippen LogP contribution in [0.15, 0.2) is 59.8 Å². The molecule has 134 valence electrons. The van der Waals surface area contributed by atoms with E-state index in [1.807, 2.05) is 30.3 Å². The van der Waals surface area contributed by atoms with Gasteiger partial charge in [0.2, 0.25) is 11.1 Å². The van der Waals surface area contributed by atoms with Crippen LogP contribution < -0.4 is 5.32 Å². The zero-order valence-electron chi connectivity index (χ0n) is 14.2. The quantitative estimate of drug-likeness (QED) is 0.647. The Hall–Kier alpha value is -2.74. The molecule has 0 aliphatic heterocycles. The second-order valence-corrected chi connectivity index (χ2v) is 7.02. The maximum Gasteiger partial charge on any atom is 0.233 e. The van der Waals surface area contributed by atoms with Crippen LogP contribution in [0.5, 0.6) is 0 Å². The van der Waals surface area contributed by atoms with Gasteiger partial charge in [0.1, 0.15) is 5.82 Å². The molecule has 1 heterocycles. The maximum absolute atomic E-state index is 12.9. The summed E-state index contributed by atoms with van der Waals surface area (Å²) in [7, 11) is 0. The zero-order chi connectivity index (χ0) is 18.4. The number of tetrazole rings is 1. The van der Waals surface area contributed by atoms with Crippen LogP contribution >= 0.6 is 11.8 Å². The molecule has 0 spiro atoms. The van der Waals surface area contributed by atoms with Gasteiger partial charge in [-0.3, -0.25) is 4.79 Å². The van der Waals surface area contributed by atoms with E-state index in [0.29, 0.717) is 18.2 Å². The van der Waals surface area contributed by atoms with Gasteiger partial charge in [-0.25, -0.2) is 9.07 Å². The van der Waals surface area contributed by atoms with Crippen molar-refractivity contribution in [1.82, 2.24) is 25.5 Å². The second kappa shape index (κ2) is 8.57. The van der Waals surface area contributed by atoms with Crippen LogP contribution in [0.2, 0.25) is 0 Å². The normalized spacial score (nSPS) is 11.9. The molecule has 1 atom stereocenters. The van der Waals surface area contributed by atoms with Crippen LogP contribution in [0, 0.1) is 5.82 Å². The van der Waals surface area contributed by atoms with Crippen molar-refractivity contribution in [2.45, 2.75) is 30.4 Å². The summed E-state index contributed by atoms with van der Waals surface area (Å²) >= 11 is 1.30. The molecule has 1 aromatic heterocycles. The molecule has 26 heavy (non-hydrogen) atoms. The van der Waals surface area contributed by atoms with E-state index in [1.165, 1.54) is 23.9 Å². The number of rotatable bonds is 7. The molecule has 6 nitrogen and oxygen atoms in total. The van der Waals surface area contributed by atoms with Gasteiger partial charge in [-0.1, -0.05) is 54.2 Å². The van der Waals surface area contributed by atoms with Crippen LogP contribution in [0.3, 0.4) is 0 Å². The molecule has 8 heteroatoms. The number of hydrogen-bond acceptors (Lipinski definition) is 5. The first-order valence-corrected chi connectivity index (χ1v) is 8.98. The minimum Gasteiger partial charge on any atom is -0.351 e. The molecule has 2 aromatic carbocycles. The van der Waals surface area contributed by atoms with Crippen molar-refractivity contribution in [3.63, 3.8) is 0 Å². The third-order valence-corrected chi connectivity index (χ3v) is 4.78. The average Bonchev–Trinajstić information content (AvgIpc) is 3.08. The van der Waals surface area contributed by atoms with Crippen molar-refractivity contribution in [2.75, 3.05) is 0 Å². The van der Waals surface area contributed by atoms with Gasteiger partial charge in [-0.2, -0.15) is 0 Å². The van der Waals surface area contributed by atoms with Gasteiger partial charge in [-0.05, 0) is 40.6 Å². The third-order valence-electron chi connectivity index (χ3n) is 3.71. The Morgan fingerprint density at radius 2 is 1.88 bits per heavy atom. The minimum atomic E-state index is -0.365. The average molecular weight is 371 g/mol. The smallest absolute Gasteiger partial charge is 0.233 e. The van der Waals surface area contributed by atoms with E-state index in [-0.39, 0.29) is 17.0 Å². The third kappa shape index (κ3) is 4.89. The van der Waals surface area contributed by atoms with E-state index in [0.717, 1.165) is 11.1 Å². The molecule has 0 aliphatic rings. The number of amides is 1. The molecule has 0 saturated carbocycles. The van der Waals surface area contributed by atoms with Gasteiger partial charge >= 0.3 is 0 Å². The van der Waals surface area contributed by atoms with Crippen LogP contribution in [-0.2, 0) is 17.9 Å². The standard InChI is InChI=1S/C18H18FN5OS/c1-13(17(25)20-11-14-7-9-16(19)10-8-14)26-18-21-22-23-24(18)12-15-5-3-2-4-6-15/h2-10,13H,11-12H2,1H3,(H,20,25). The topological polar surface area (TPSA) is 72.7 Å². The first kappa shape index (κ1) is 18.1. The largest absolute Gasteiger partial charge is 0.351 e. The molecule has 0 fully saturated rings. The van der Waals surface area contributed by atoms with Crippen molar-refractivity contribution in [2.24, 2.45) is 0 Å². The summed E-state index contributed by atoms with van der Waals surface area (Å²) in [6, 6.07) is 15.9. The lowest BCUT2D eigenvalue weighted by Crippen LogP contribution is -2.30. The molecule has 0 radical (unpaired) electrons. The summed E-state index contributed by atoms with van der Waals surface area (Å²) in [4.78, 5) is 12.3. The Morgan fingerprint density at radius 1 is 1.15 bits per heavy atom. The molecule has 3 rings (SSSR count). The number of aromatic nitrogens is 4. The zero-order valence-corrected chi connectivity index (χ0v) is 15.0. The van der Waals surface area contributed by atoms with Crippen LogP contribution in [0.4, 0.5) is 4.39 Å². The second-order valence-electron chi connectivity index (χ2n) is 5.71. The highest BCUT2D eigenvalue weighted by Gasteiger charge is 2.18. The summed E-state index contributed by atoms with van der Waals surface area (Å²) in [5, 5.41) is 14.8. The Balaban J connectivity index is 1.56. The highest BCUT2D eigenvalue weighted by Crippen LogP contribution is 2.21. The molecule has 0 saturated heterocycles.